The van der Waals surface area contributed by atoms with Crippen LogP contribution in [-0.4, -0.2) is 20.5 Å². The number of nitrogens with two attached hydrogens (primary N) is 1. The second-order valence-corrected chi connectivity index (χ2v) is 4.98. The van der Waals surface area contributed by atoms with E-state index in [-0.39, 0.29) is 0 Å². The van der Waals surface area contributed by atoms with Crippen molar-refractivity contribution in [3.63, 3.8) is 0 Å². The first-order valence-corrected chi connectivity index (χ1v) is 6.71. The van der Waals surface area contributed by atoms with E-state index in [0.717, 1.165) is 22.0 Å². The third-order valence-electron chi connectivity index (χ3n) is 2.37. The minimum atomic E-state index is 0.339. The Labute approximate surface area is 110 Å². The summed E-state index contributed by atoms with van der Waals surface area (Å²) in [6.45, 7) is 2.55. The van der Waals surface area contributed by atoms with E-state index in [2.05, 4.69) is 23.1 Å². The molecule has 2 rings (SSSR count). The van der Waals surface area contributed by atoms with Gasteiger partial charge in [0.2, 0.25) is 0 Å². The molecule has 2 aromatic rings. The molecule has 0 unspecified atom stereocenters. The van der Waals surface area contributed by atoms with Crippen LogP contribution in [0.2, 0.25) is 0 Å². The maximum absolute atomic E-state index is 5.80. The van der Waals surface area contributed by atoms with Crippen LogP contribution in [0.25, 0.3) is 0 Å². The van der Waals surface area contributed by atoms with Crippen LogP contribution in [0, 0.1) is 0 Å². The Kier molecular flexibility index (Phi) is 4.22. The third kappa shape index (κ3) is 2.83. The number of aromatic nitrogens is 3. The van der Waals surface area contributed by atoms with Crippen LogP contribution in [0.4, 0.5) is 0 Å². The molecule has 0 aliphatic carbocycles. The van der Waals surface area contributed by atoms with Gasteiger partial charge in [-0.2, -0.15) is 4.98 Å². The molecule has 1 aromatic carbocycles. The average Bonchev–Trinajstić information content (AvgIpc) is 2.76. The Bertz CT molecular complexity index is 527. The van der Waals surface area contributed by atoms with Crippen LogP contribution < -0.4 is 10.5 Å². The molecule has 0 saturated carbocycles. The predicted octanol–water partition coefficient (Wildman–Crippen LogP) is 2.18. The Morgan fingerprint density at radius 3 is 2.89 bits per heavy atom. The highest BCUT2D eigenvalue weighted by Crippen LogP contribution is 2.31. The van der Waals surface area contributed by atoms with E-state index in [9.17, 15) is 0 Å². The zero-order chi connectivity index (χ0) is 13.0. The quantitative estimate of drug-likeness (QED) is 0.838. The molecule has 0 aliphatic rings. The summed E-state index contributed by atoms with van der Waals surface area (Å²) >= 11 is 1.75. The summed E-state index contributed by atoms with van der Waals surface area (Å²) < 4.78 is 7.27. The highest BCUT2D eigenvalue weighted by atomic mass is 32.2. The molecule has 6 heteroatoms. The average molecular weight is 264 g/mol. The molecule has 0 atom stereocenters. The van der Waals surface area contributed by atoms with Crippen molar-refractivity contribution in [2.45, 2.75) is 18.4 Å². The lowest BCUT2D eigenvalue weighted by Gasteiger charge is -2.11. The monoisotopic (exact) mass is 264 g/mol. The summed E-state index contributed by atoms with van der Waals surface area (Å²) in [4.78, 5) is 5.19. The minimum Gasteiger partial charge on any atom is -0.423 e. The van der Waals surface area contributed by atoms with Crippen LogP contribution in [0.5, 0.6) is 11.8 Å². The van der Waals surface area contributed by atoms with Gasteiger partial charge in [0.15, 0.2) is 0 Å². The maximum atomic E-state index is 5.80. The van der Waals surface area contributed by atoms with Crippen molar-refractivity contribution >= 4 is 11.8 Å². The first-order chi connectivity index (χ1) is 8.74. The summed E-state index contributed by atoms with van der Waals surface area (Å²) in [5.41, 5.74) is 6.80. The summed E-state index contributed by atoms with van der Waals surface area (Å²) in [5, 5.41) is 4.09. The number of nitrogens with zero attached hydrogens (tertiary/aromatic N) is 3. The molecule has 0 spiro atoms. The molecule has 0 saturated heterocycles. The molecule has 0 radical (unpaired) electrons. The van der Waals surface area contributed by atoms with Gasteiger partial charge in [0.05, 0.1) is 0 Å². The second-order valence-electron chi connectivity index (χ2n) is 3.67. The lowest BCUT2D eigenvalue weighted by Crippen LogP contribution is -2.02. The van der Waals surface area contributed by atoms with E-state index < -0.39 is 0 Å². The molecule has 1 aromatic heterocycles. The lowest BCUT2D eigenvalue weighted by atomic mass is 10.2. The third-order valence-corrected chi connectivity index (χ3v) is 3.36. The topological polar surface area (TPSA) is 66.0 Å². The van der Waals surface area contributed by atoms with Crippen LogP contribution >= 0.6 is 11.8 Å². The first-order valence-electron chi connectivity index (χ1n) is 5.72. The highest BCUT2D eigenvalue weighted by Gasteiger charge is 2.10. The minimum absolute atomic E-state index is 0.339. The number of rotatable bonds is 5. The van der Waals surface area contributed by atoms with Gasteiger partial charge < -0.3 is 10.5 Å². The van der Waals surface area contributed by atoms with Crippen molar-refractivity contribution in [3.8, 4) is 11.8 Å². The largest absolute Gasteiger partial charge is 0.423 e. The Balaban J connectivity index is 2.29. The van der Waals surface area contributed by atoms with Gasteiger partial charge >= 0.3 is 6.01 Å². The van der Waals surface area contributed by atoms with Crippen molar-refractivity contribution < 1.29 is 4.74 Å². The van der Waals surface area contributed by atoms with Gasteiger partial charge in [0, 0.05) is 24.1 Å². The normalized spacial score (nSPS) is 10.6. The Hall–Kier alpha value is -1.53. The van der Waals surface area contributed by atoms with Gasteiger partial charge in [0.1, 0.15) is 12.1 Å². The lowest BCUT2D eigenvalue weighted by molar-refractivity contribution is 0.432. The van der Waals surface area contributed by atoms with Crippen molar-refractivity contribution in [2.24, 2.45) is 12.8 Å². The van der Waals surface area contributed by atoms with E-state index in [1.807, 2.05) is 12.1 Å². The van der Waals surface area contributed by atoms with E-state index in [1.54, 1.807) is 29.8 Å². The van der Waals surface area contributed by atoms with E-state index in [0.29, 0.717) is 12.6 Å². The van der Waals surface area contributed by atoms with Gasteiger partial charge in [-0.25, -0.2) is 0 Å². The molecule has 1 heterocycles. The fourth-order valence-electron chi connectivity index (χ4n) is 1.60. The predicted molar refractivity (Wildman–Crippen MR) is 71.8 cm³/mol. The summed E-state index contributed by atoms with van der Waals surface area (Å²) in [6, 6.07) is 6.23. The molecular weight excluding hydrogens is 248 g/mol. The molecule has 0 aliphatic heterocycles. The molecular formula is C12H16N4OS. The van der Waals surface area contributed by atoms with Crippen molar-refractivity contribution in [1.82, 2.24) is 14.8 Å². The maximum Gasteiger partial charge on any atom is 0.340 e. The van der Waals surface area contributed by atoms with Crippen LogP contribution in [0.1, 0.15) is 12.5 Å². The van der Waals surface area contributed by atoms with Crippen LogP contribution in [-0.2, 0) is 13.6 Å². The van der Waals surface area contributed by atoms with E-state index >= 15 is 0 Å². The van der Waals surface area contributed by atoms with Gasteiger partial charge in [-0.15, -0.1) is 16.9 Å². The smallest absolute Gasteiger partial charge is 0.340 e. The molecule has 0 amide bonds. The molecule has 0 bridgehead atoms. The van der Waals surface area contributed by atoms with Crippen LogP contribution in [0.3, 0.4) is 0 Å². The molecule has 96 valence electrons. The zero-order valence-electron chi connectivity index (χ0n) is 10.5. The van der Waals surface area contributed by atoms with Crippen molar-refractivity contribution in [3.05, 3.63) is 30.1 Å². The number of hydrogen-bond donors (Lipinski definition) is 1. The first kappa shape index (κ1) is 12.9. The molecule has 18 heavy (non-hydrogen) atoms. The van der Waals surface area contributed by atoms with Crippen molar-refractivity contribution in [2.75, 3.05) is 5.75 Å². The van der Waals surface area contributed by atoms with Crippen molar-refractivity contribution in [1.29, 1.82) is 0 Å². The van der Waals surface area contributed by atoms with Gasteiger partial charge in [-0.05, 0) is 17.9 Å². The number of hydrogen-bond acceptors (Lipinski definition) is 5. The van der Waals surface area contributed by atoms with Gasteiger partial charge in [0.25, 0.3) is 0 Å². The second kappa shape index (κ2) is 5.88. The van der Waals surface area contributed by atoms with Crippen LogP contribution in [0.15, 0.2) is 29.4 Å². The van der Waals surface area contributed by atoms with Gasteiger partial charge in [-0.3, -0.25) is 4.68 Å². The fourth-order valence-corrected chi connectivity index (χ4v) is 2.44. The standard InChI is InChI=1S/C12H16N4OS/c1-3-18-11-6-4-5-10(9(11)7-13)17-12-14-8-16(2)15-12/h4-6,8H,3,7,13H2,1-2H3. The number of benzene rings is 1. The molecule has 5 nitrogen and oxygen atoms in total. The number of thioether (sulfide) groups is 1. The van der Waals surface area contributed by atoms with Gasteiger partial charge in [-0.1, -0.05) is 13.0 Å². The Morgan fingerprint density at radius 1 is 1.44 bits per heavy atom. The number of ether oxygens (including phenoxy) is 1. The molecule has 2 N–H and O–H groups in total. The highest BCUT2D eigenvalue weighted by molar-refractivity contribution is 7.99. The summed E-state index contributed by atoms with van der Waals surface area (Å²) in [5.74, 6) is 1.72. The summed E-state index contributed by atoms with van der Waals surface area (Å²) in [6.07, 6.45) is 1.60. The number of aryl methyl sites for hydroxylation is 1. The fraction of sp³-hybridized carbons (Fsp3) is 0.333. The zero-order valence-corrected chi connectivity index (χ0v) is 11.3. The molecule has 0 fully saturated rings. The summed E-state index contributed by atoms with van der Waals surface area (Å²) in [7, 11) is 1.80. The SMILES string of the molecule is CCSc1cccc(Oc2ncn(C)n2)c1CN. The van der Waals surface area contributed by atoms with E-state index in [4.69, 9.17) is 10.5 Å². The van der Waals surface area contributed by atoms with E-state index in [1.165, 1.54) is 0 Å². The Morgan fingerprint density at radius 2 is 2.28 bits per heavy atom.